The standard InChI is InChI=1S/C15H23N3O3S/c1-11-9-12(18-7-4-8-22(18,20)21)5-6-13(11)14(19)17-15(2,3)10-16/h5-6,9H,4,7-8,10,16H2,1-3H3,(H,17,19). The minimum absolute atomic E-state index is 0.180. The van der Waals surface area contributed by atoms with Crippen LogP contribution < -0.4 is 15.4 Å². The van der Waals surface area contributed by atoms with Gasteiger partial charge in [-0.05, 0) is 51.0 Å². The van der Waals surface area contributed by atoms with Crippen LogP contribution in [0.2, 0.25) is 0 Å². The maximum atomic E-state index is 12.3. The number of benzene rings is 1. The van der Waals surface area contributed by atoms with Gasteiger partial charge in [-0.25, -0.2) is 8.42 Å². The Balaban J connectivity index is 2.25. The molecule has 0 spiro atoms. The number of nitrogens with two attached hydrogens (primary N) is 1. The van der Waals surface area contributed by atoms with Crippen LogP contribution in [0, 0.1) is 6.92 Å². The minimum atomic E-state index is -3.21. The largest absolute Gasteiger partial charge is 0.346 e. The Bertz CT molecular complexity index is 683. The lowest BCUT2D eigenvalue weighted by Crippen LogP contribution is -2.49. The number of anilines is 1. The molecule has 0 aromatic heterocycles. The number of nitrogens with one attached hydrogen (secondary N) is 1. The molecule has 1 fully saturated rings. The van der Waals surface area contributed by atoms with Crippen LogP contribution in [0.3, 0.4) is 0 Å². The van der Waals surface area contributed by atoms with Gasteiger partial charge in [-0.2, -0.15) is 0 Å². The first-order valence-corrected chi connectivity index (χ1v) is 8.91. The van der Waals surface area contributed by atoms with Gasteiger partial charge in [0.25, 0.3) is 5.91 Å². The molecule has 0 atom stereocenters. The van der Waals surface area contributed by atoms with Crippen molar-refractivity contribution in [1.82, 2.24) is 5.32 Å². The first kappa shape index (κ1) is 16.8. The number of nitrogens with zero attached hydrogens (tertiary/aromatic N) is 1. The van der Waals surface area contributed by atoms with Crippen molar-refractivity contribution < 1.29 is 13.2 Å². The van der Waals surface area contributed by atoms with Crippen LogP contribution in [0.1, 0.15) is 36.2 Å². The van der Waals surface area contributed by atoms with E-state index in [0.717, 1.165) is 5.56 Å². The molecule has 0 saturated carbocycles. The molecule has 22 heavy (non-hydrogen) atoms. The van der Waals surface area contributed by atoms with Gasteiger partial charge in [0, 0.05) is 24.2 Å². The van der Waals surface area contributed by atoms with Crippen molar-refractivity contribution in [2.24, 2.45) is 5.73 Å². The summed E-state index contributed by atoms with van der Waals surface area (Å²) in [6, 6.07) is 5.09. The molecular weight excluding hydrogens is 302 g/mol. The molecular formula is C15H23N3O3S. The highest BCUT2D eigenvalue weighted by atomic mass is 32.2. The smallest absolute Gasteiger partial charge is 0.252 e. The molecule has 1 aromatic carbocycles. The number of amides is 1. The fraction of sp³-hybridized carbons (Fsp3) is 0.533. The Morgan fingerprint density at radius 3 is 2.59 bits per heavy atom. The average Bonchev–Trinajstić information content (AvgIpc) is 2.77. The van der Waals surface area contributed by atoms with Gasteiger partial charge >= 0.3 is 0 Å². The summed E-state index contributed by atoms with van der Waals surface area (Å²) in [4.78, 5) is 12.3. The second kappa shape index (κ2) is 5.89. The highest BCUT2D eigenvalue weighted by molar-refractivity contribution is 7.93. The highest BCUT2D eigenvalue weighted by Crippen LogP contribution is 2.26. The summed E-state index contributed by atoms with van der Waals surface area (Å²) in [5.41, 5.74) is 7.02. The zero-order valence-electron chi connectivity index (χ0n) is 13.2. The number of rotatable bonds is 4. The van der Waals surface area contributed by atoms with Gasteiger partial charge in [0.1, 0.15) is 0 Å². The molecule has 6 nitrogen and oxygen atoms in total. The maximum Gasteiger partial charge on any atom is 0.252 e. The van der Waals surface area contributed by atoms with Crippen molar-refractivity contribution in [3.8, 4) is 0 Å². The zero-order valence-corrected chi connectivity index (χ0v) is 14.0. The molecule has 122 valence electrons. The number of hydrogen-bond donors (Lipinski definition) is 2. The monoisotopic (exact) mass is 325 g/mol. The molecule has 2 rings (SSSR count). The molecule has 1 aromatic rings. The topological polar surface area (TPSA) is 92.5 Å². The van der Waals surface area contributed by atoms with Crippen molar-refractivity contribution in [2.75, 3.05) is 23.1 Å². The van der Waals surface area contributed by atoms with E-state index in [9.17, 15) is 13.2 Å². The highest BCUT2D eigenvalue weighted by Gasteiger charge is 2.29. The van der Waals surface area contributed by atoms with E-state index in [2.05, 4.69) is 5.32 Å². The lowest BCUT2D eigenvalue weighted by molar-refractivity contribution is 0.0915. The normalized spacial score (nSPS) is 17.5. The lowest BCUT2D eigenvalue weighted by Gasteiger charge is -2.25. The Morgan fingerprint density at radius 1 is 1.41 bits per heavy atom. The Kier molecular flexibility index (Phi) is 4.49. The van der Waals surface area contributed by atoms with Gasteiger partial charge in [-0.3, -0.25) is 9.10 Å². The van der Waals surface area contributed by atoms with Crippen molar-refractivity contribution in [3.63, 3.8) is 0 Å². The minimum Gasteiger partial charge on any atom is -0.346 e. The van der Waals surface area contributed by atoms with Crippen LogP contribution >= 0.6 is 0 Å². The first-order valence-electron chi connectivity index (χ1n) is 7.30. The lowest BCUT2D eigenvalue weighted by atomic mass is 10.0. The predicted molar refractivity (Wildman–Crippen MR) is 87.5 cm³/mol. The maximum absolute atomic E-state index is 12.3. The van der Waals surface area contributed by atoms with E-state index in [1.54, 1.807) is 25.1 Å². The third-order valence-electron chi connectivity index (χ3n) is 3.80. The molecule has 1 aliphatic heterocycles. The average molecular weight is 325 g/mol. The van der Waals surface area contributed by atoms with Gasteiger partial charge in [-0.15, -0.1) is 0 Å². The summed E-state index contributed by atoms with van der Waals surface area (Å²) < 4.78 is 25.3. The predicted octanol–water partition coefficient (Wildman–Crippen LogP) is 1.00. The number of hydrogen-bond acceptors (Lipinski definition) is 4. The van der Waals surface area contributed by atoms with E-state index in [1.165, 1.54) is 4.31 Å². The molecule has 3 N–H and O–H groups in total. The van der Waals surface area contributed by atoms with E-state index in [0.29, 0.717) is 30.8 Å². The molecule has 1 saturated heterocycles. The molecule has 0 radical (unpaired) electrons. The van der Waals surface area contributed by atoms with Gasteiger partial charge in [0.15, 0.2) is 0 Å². The van der Waals surface area contributed by atoms with Crippen LogP contribution in [-0.2, 0) is 10.0 Å². The molecule has 0 aliphatic carbocycles. The van der Waals surface area contributed by atoms with E-state index in [1.807, 2.05) is 13.8 Å². The molecule has 1 aliphatic rings. The van der Waals surface area contributed by atoms with Crippen LogP contribution in [0.15, 0.2) is 18.2 Å². The second-order valence-electron chi connectivity index (χ2n) is 6.28. The SMILES string of the molecule is Cc1cc(N2CCCS2(=O)=O)ccc1C(=O)NC(C)(C)CN. The third kappa shape index (κ3) is 3.41. The van der Waals surface area contributed by atoms with Gasteiger partial charge in [0.2, 0.25) is 10.0 Å². The van der Waals surface area contributed by atoms with Crippen LogP contribution in [-0.4, -0.2) is 38.7 Å². The summed E-state index contributed by atoms with van der Waals surface area (Å²) in [5, 5.41) is 2.87. The summed E-state index contributed by atoms with van der Waals surface area (Å²) in [6.45, 7) is 6.34. The Hall–Kier alpha value is -1.60. The fourth-order valence-electron chi connectivity index (χ4n) is 2.41. The summed E-state index contributed by atoms with van der Waals surface area (Å²) >= 11 is 0. The molecule has 0 unspecified atom stereocenters. The number of aryl methyl sites for hydroxylation is 1. The molecule has 1 heterocycles. The quantitative estimate of drug-likeness (QED) is 0.864. The van der Waals surface area contributed by atoms with E-state index >= 15 is 0 Å². The van der Waals surface area contributed by atoms with Crippen LogP contribution in [0.5, 0.6) is 0 Å². The van der Waals surface area contributed by atoms with Gasteiger partial charge in [0.05, 0.1) is 11.4 Å². The van der Waals surface area contributed by atoms with Crippen LogP contribution in [0.25, 0.3) is 0 Å². The van der Waals surface area contributed by atoms with Crippen molar-refractivity contribution >= 4 is 21.6 Å². The first-order chi connectivity index (χ1) is 10.2. The second-order valence-corrected chi connectivity index (χ2v) is 8.30. The summed E-state index contributed by atoms with van der Waals surface area (Å²) in [7, 11) is -3.21. The van der Waals surface area contributed by atoms with Crippen molar-refractivity contribution in [1.29, 1.82) is 0 Å². The Morgan fingerprint density at radius 2 is 2.09 bits per heavy atom. The van der Waals surface area contributed by atoms with Gasteiger partial charge < -0.3 is 11.1 Å². The zero-order chi connectivity index (χ0) is 16.5. The van der Waals surface area contributed by atoms with E-state index in [-0.39, 0.29) is 11.7 Å². The molecule has 7 heteroatoms. The van der Waals surface area contributed by atoms with Crippen LogP contribution in [0.4, 0.5) is 5.69 Å². The third-order valence-corrected chi connectivity index (χ3v) is 5.67. The van der Waals surface area contributed by atoms with E-state index < -0.39 is 15.6 Å². The van der Waals surface area contributed by atoms with E-state index in [4.69, 9.17) is 5.73 Å². The van der Waals surface area contributed by atoms with Crippen molar-refractivity contribution in [3.05, 3.63) is 29.3 Å². The number of sulfonamides is 1. The van der Waals surface area contributed by atoms with Gasteiger partial charge in [-0.1, -0.05) is 0 Å². The number of carbonyl (C=O) groups excluding carboxylic acids is 1. The number of carbonyl (C=O) groups is 1. The fourth-order valence-corrected chi connectivity index (χ4v) is 3.97. The summed E-state index contributed by atoms with van der Waals surface area (Å²) in [6.07, 6.45) is 0.633. The summed E-state index contributed by atoms with van der Waals surface area (Å²) in [5.74, 6) is -0.0253. The Labute approximate surface area is 131 Å². The van der Waals surface area contributed by atoms with Crippen molar-refractivity contribution in [2.45, 2.75) is 32.7 Å². The molecule has 1 amide bonds. The molecule has 0 bridgehead atoms.